The van der Waals surface area contributed by atoms with Gasteiger partial charge in [0.25, 0.3) is 0 Å². The summed E-state index contributed by atoms with van der Waals surface area (Å²) in [5.74, 6) is -0.556. The highest BCUT2D eigenvalue weighted by molar-refractivity contribution is 5.74. The number of rotatable bonds is 2. The minimum Gasteiger partial charge on any atom is -0.262 e. The molecule has 0 aliphatic heterocycles. The van der Waals surface area contributed by atoms with Gasteiger partial charge in [-0.15, -0.1) is 0 Å². The van der Waals surface area contributed by atoms with E-state index >= 15 is 0 Å². The van der Waals surface area contributed by atoms with Gasteiger partial charge in [-0.25, -0.2) is 4.39 Å². The molecule has 2 heteroatoms. The van der Waals surface area contributed by atoms with Crippen molar-refractivity contribution in [2.24, 2.45) is 4.99 Å². The first-order chi connectivity index (χ1) is 3.27. The molecule has 0 aliphatic carbocycles. The predicted octanol–water partition coefficient (Wildman–Crippen LogP) is 1.68. The van der Waals surface area contributed by atoms with Crippen LogP contribution in [-0.2, 0) is 0 Å². The van der Waals surface area contributed by atoms with Gasteiger partial charge < -0.3 is 0 Å². The van der Waals surface area contributed by atoms with Crippen LogP contribution in [0.25, 0.3) is 0 Å². The fourth-order valence-electron chi connectivity index (χ4n) is 0.134. The minimum atomic E-state index is -0.556. The van der Waals surface area contributed by atoms with Crippen LogP contribution >= 0.6 is 0 Å². The highest BCUT2D eigenvalue weighted by atomic mass is 19.1. The number of halogens is 1. The van der Waals surface area contributed by atoms with Crippen molar-refractivity contribution in [3.05, 3.63) is 25.2 Å². The second-order valence-corrected chi connectivity index (χ2v) is 0.908. The maximum absolute atomic E-state index is 11.5. The molecule has 0 aromatic rings. The van der Waals surface area contributed by atoms with Crippen LogP contribution in [0, 0.1) is 0 Å². The zero-order chi connectivity index (χ0) is 5.70. The number of allylic oxidation sites excluding steroid dienone is 1. The molecule has 0 spiro atoms. The Kier molecular flexibility index (Phi) is 2.85. The van der Waals surface area contributed by atoms with Crippen molar-refractivity contribution < 1.29 is 4.39 Å². The standard InChI is InChI=1S/C5H6FN/c1-3-7-4-5(2)6/h3-4H,1-2H2. The predicted molar refractivity (Wildman–Crippen MR) is 28.9 cm³/mol. The van der Waals surface area contributed by atoms with Crippen molar-refractivity contribution in [3.63, 3.8) is 0 Å². The number of nitrogens with zero attached hydrogens (tertiary/aromatic N) is 1. The number of aliphatic imine (C=N–C) groups is 1. The molecule has 0 unspecified atom stereocenters. The van der Waals surface area contributed by atoms with E-state index in [2.05, 4.69) is 18.2 Å². The summed E-state index contributed by atoms with van der Waals surface area (Å²) in [5, 5.41) is 0. The summed E-state index contributed by atoms with van der Waals surface area (Å²) in [6.07, 6.45) is 2.23. The van der Waals surface area contributed by atoms with Gasteiger partial charge in [-0.05, 0) is 0 Å². The first-order valence-electron chi connectivity index (χ1n) is 1.76. The van der Waals surface area contributed by atoms with E-state index < -0.39 is 5.83 Å². The average Bonchev–Trinajstić information content (AvgIpc) is 1.61. The lowest BCUT2D eigenvalue weighted by Crippen LogP contribution is -1.65. The lowest BCUT2D eigenvalue weighted by atomic mass is 10.7. The fourth-order valence-corrected chi connectivity index (χ4v) is 0.134. The zero-order valence-corrected chi connectivity index (χ0v) is 3.89. The van der Waals surface area contributed by atoms with E-state index in [1.807, 2.05) is 0 Å². The lowest BCUT2D eigenvalue weighted by molar-refractivity contribution is 0.690. The molecule has 0 saturated carbocycles. The molecular formula is C5H6FN. The van der Waals surface area contributed by atoms with E-state index in [9.17, 15) is 4.39 Å². The van der Waals surface area contributed by atoms with E-state index in [-0.39, 0.29) is 0 Å². The van der Waals surface area contributed by atoms with Crippen molar-refractivity contribution in [3.8, 4) is 0 Å². The summed E-state index contributed by atoms with van der Waals surface area (Å²) in [6.45, 7) is 6.16. The first-order valence-corrected chi connectivity index (χ1v) is 1.76. The van der Waals surface area contributed by atoms with Crippen LogP contribution in [0.2, 0.25) is 0 Å². The van der Waals surface area contributed by atoms with Gasteiger partial charge in [-0.3, -0.25) is 4.99 Å². The molecule has 0 bridgehead atoms. The van der Waals surface area contributed by atoms with Crippen molar-refractivity contribution in [2.75, 3.05) is 0 Å². The van der Waals surface area contributed by atoms with Gasteiger partial charge in [-0.2, -0.15) is 0 Å². The summed E-state index contributed by atoms with van der Waals surface area (Å²) >= 11 is 0. The molecule has 0 fully saturated rings. The average molecular weight is 99.1 g/mol. The maximum Gasteiger partial charge on any atom is 0.134 e. The summed E-state index contributed by atoms with van der Waals surface area (Å²) in [6, 6.07) is 0. The van der Waals surface area contributed by atoms with Crippen LogP contribution in [0.3, 0.4) is 0 Å². The minimum absolute atomic E-state index is 0.556. The van der Waals surface area contributed by atoms with Crippen molar-refractivity contribution in [2.45, 2.75) is 0 Å². The smallest absolute Gasteiger partial charge is 0.134 e. The summed E-state index contributed by atoms with van der Waals surface area (Å²) < 4.78 is 11.5. The first kappa shape index (κ1) is 6.08. The molecule has 0 N–H and O–H groups in total. The van der Waals surface area contributed by atoms with Gasteiger partial charge in [0.15, 0.2) is 0 Å². The molecule has 1 nitrogen and oxygen atoms in total. The molecule has 0 saturated heterocycles. The molecule has 0 aromatic carbocycles. The van der Waals surface area contributed by atoms with Crippen molar-refractivity contribution in [1.82, 2.24) is 0 Å². The van der Waals surface area contributed by atoms with Crippen LogP contribution in [0.5, 0.6) is 0 Å². The van der Waals surface area contributed by atoms with E-state index in [4.69, 9.17) is 0 Å². The Morgan fingerprint density at radius 3 is 2.43 bits per heavy atom. The second kappa shape index (κ2) is 3.28. The summed E-state index contributed by atoms with van der Waals surface area (Å²) in [5.41, 5.74) is 0. The molecule has 7 heavy (non-hydrogen) atoms. The quantitative estimate of drug-likeness (QED) is 0.467. The number of hydrogen-bond donors (Lipinski definition) is 0. The largest absolute Gasteiger partial charge is 0.262 e. The van der Waals surface area contributed by atoms with E-state index in [0.29, 0.717) is 0 Å². The molecular weight excluding hydrogens is 93.1 g/mol. The molecule has 0 amide bonds. The summed E-state index contributed by atoms with van der Waals surface area (Å²) in [4.78, 5) is 3.34. The number of hydrogen-bond acceptors (Lipinski definition) is 1. The van der Waals surface area contributed by atoms with Crippen molar-refractivity contribution in [1.29, 1.82) is 0 Å². The molecule has 0 aliphatic rings. The molecule has 0 aromatic heterocycles. The third-order valence-electron chi connectivity index (χ3n) is 0.320. The molecule has 0 radical (unpaired) electrons. The Morgan fingerprint density at radius 2 is 2.29 bits per heavy atom. The van der Waals surface area contributed by atoms with Crippen LogP contribution in [0.1, 0.15) is 0 Å². The molecule has 38 valence electrons. The van der Waals surface area contributed by atoms with Crippen LogP contribution in [0.4, 0.5) is 4.39 Å². The van der Waals surface area contributed by atoms with Gasteiger partial charge in [0.1, 0.15) is 5.83 Å². The Labute approximate surface area is 41.9 Å². The van der Waals surface area contributed by atoms with Crippen LogP contribution < -0.4 is 0 Å². The molecule has 0 rings (SSSR count). The third-order valence-corrected chi connectivity index (χ3v) is 0.320. The fraction of sp³-hybridized carbons (Fsp3) is 0. The second-order valence-electron chi connectivity index (χ2n) is 0.908. The maximum atomic E-state index is 11.5. The Morgan fingerprint density at radius 1 is 1.71 bits per heavy atom. The van der Waals surface area contributed by atoms with E-state index in [1.54, 1.807) is 0 Å². The van der Waals surface area contributed by atoms with E-state index in [1.165, 1.54) is 6.20 Å². The van der Waals surface area contributed by atoms with Gasteiger partial charge in [-0.1, -0.05) is 13.2 Å². The Hall–Kier alpha value is -0.920. The SMILES string of the molecule is C=CN=CC(=C)F. The van der Waals surface area contributed by atoms with Gasteiger partial charge in [0.05, 0.1) is 6.21 Å². The topological polar surface area (TPSA) is 12.4 Å². The molecule has 0 heterocycles. The normalized spacial score (nSPS) is 9.29. The zero-order valence-electron chi connectivity index (χ0n) is 3.89. The third kappa shape index (κ3) is 5.08. The van der Waals surface area contributed by atoms with Gasteiger partial charge >= 0.3 is 0 Å². The van der Waals surface area contributed by atoms with Gasteiger partial charge in [0.2, 0.25) is 0 Å². The Balaban J connectivity index is 3.46. The van der Waals surface area contributed by atoms with Crippen molar-refractivity contribution >= 4 is 6.21 Å². The monoisotopic (exact) mass is 99.0 g/mol. The highest BCUT2D eigenvalue weighted by Crippen LogP contribution is 1.82. The highest BCUT2D eigenvalue weighted by Gasteiger charge is 1.72. The lowest BCUT2D eigenvalue weighted by Gasteiger charge is -1.72. The molecule has 0 atom stereocenters. The Bertz CT molecular complexity index is 105. The van der Waals surface area contributed by atoms with Crippen LogP contribution in [0.15, 0.2) is 30.2 Å². The summed E-state index contributed by atoms with van der Waals surface area (Å²) in [7, 11) is 0. The van der Waals surface area contributed by atoms with Gasteiger partial charge in [0, 0.05) is 6.20 Å². The van der Waals surface area contributed by atoms with E-state index in [0.717, 1.165) is 6.21 Å². The van der Waals surface area contributed by atoms with Crippen LogP contribution in [-0.4, -0.2) is 6.21 Å².